The first-order valence-corrected chi connectivity index (χ1v) is 10.6. The van der Waals surface area contributed by atoms with Gasteiger partial charge in [0.2, 0.25) is 10.0 Å². The van der Waals surface area contributed by atoms with Crippen LogP contribution in [0.5, 0.6) is 0 Å². The molecule has 8 nitrogen and oxygen atoms in total. The van der Waals surface area contributed by atoms with E-state index in [0.717, 1.165) is 30.8 Å². The number of anilines is 1. The minimum Gasteiger partial charge on any atom is -0.321 e. The summed E-state index contributed by atoms with van der Waals surface area (Å²) in [7, 11) is -3.60. The molecule has 1 fully saturated rings. The molecule has 1 aromatic heterocycles. The second kappa shape index (κ2) is 8.39. The van der Waals surface area contributed by atoms with E-state index >= 15 is 0 Å². The van der Waals surface area contributed by atoms with E-state index in [4.69, 9.17) is 0 Å². The van der Waals surface area contributed by atoms with Gasteiger partial charge < -0.3 is 5.32 Å². The number of aromatic nitrogens is 2. The maximum absolute atomic E-state index is 12.8. The van der Waals surface area contributed by atoms with Gasteiger partial charge in [0.25, 0.3) is 5.91 Å². The molecule has 0 unspecified atom stereocenters. The molecule has 10 heteroatoms. The molecule has 2 heterocycles. The molecule has 1 amide bonds. The topological polar surface area (TPSA) is 116 Å². The molecule has 1 aliphatic rings. The summed E-state index contributed by atoms with van der Waals surface area (Å²) in [5.41, 5.74) is 0.566. The monoisotopic (exact) mass is 403 g/mol. The van der Waals surface area contributed by atoms with Crippen LogP contribution >= 0.6 is 11.5 Å². The maximum Gasteiger partial charge on any atom is 0.266 e. The van der Waals surface area contributed by atoms with Crippen molar-refractivity contribution in [2.24, 2.45) is 0 Å². The summed E-state index contributed by atoms with van der Waals surface area (Å²) in [4.78, 5) is 12.4. The predicted molar refractivity (Wildman–Crippen MR) is 101 cm³/mol. The minimum absolute atomic E-state index is 0.119. The quantitative estimate of drug-likeness (QED) is 0.605. The lowest BCUT2D eigenvalue weighted by Crippen LogP contribution is -2.35. The molecular weight excluding hydrogens is 386 g/mol. The van der Waals surface area contributed by atoms with Gasteiger partial charge in [-0.3, -0.25) is 4.79 Å². The first-order chi connectivity index (χ1) is 13.0. The molecule has 1 aliphatic heterocycles. The molecule has 140 valence electrons. The van der Waals surface area contributed by atoms with Crippen LogP contribution in [0.4, 0.5) is 5.69 Å². The average molecular weight is 403 g/mol. The lowest BCUT2D eigenvalue weighted by atomic mass is 10.2. The summed E-state index contributed by atoms with van der Waals surface area (Å²) in [6, 6.07) is 7.86. The largest absolute Gasteiger partial charge is 0.321 e. The van der Waals surface area contributed by atoms with Crippen LogP contribution in [0.3, 0.4) is 0 Å². The van der Waals surface area contributed by atoms with E-state index in [2.05, 4.69) is 14.9 Å². The van der Waals surface area contributed by atoms with Crippen LogP contribution in [-0.2, 0) is 14.8 Å². The number of carbonyl (C=O) groups is 1. The predicted octanol–water partition coefficient (Wildman–Crippen LogP) is 2.26. The second-order valence-corrected chi connectivity index (χ2v) is 8.49. The van der Waals surface area contributed by atoms with Crippen molar-refractivity contribution in [1.82, 2.24) is 13.9 Å². The van der Waals surface area contributed by atoms with Crippen LogP contribution in [0.2, 0.25) is 0 Å². The van der Waals surface area contributed by atoms with Crippen molar-refractivity contribution in [3.05, 3.63) is 40.9 Å². The standard InChI is InChI=1S/C17H17N5O3S2/c18-11-13(9-15-12-26-21-20-15)17(23)19-14-5-4-6-16(10-14)27(24,25)22-7-2-1-3-8-22/h4-6,9-10,12H,1-3,7-8H2,(H,19,23)/b13-9+. The van der Waals surface area contributed by atoms with Crippen molar-refractivity contribution in [1.29, 1.82) is 5.26 Å². The molecule has 1 saturated heterocycles. The lowest BCUT2D eigenvalue weighted by Gasteiger charge is -2.26. The normalized spacial score (nSPS) is 15.9. The van der Waals surface area contributed by atoms with Crippen molar-refractivity contribution in [3.8, 4) is 6.07 Å². The molecule has 0 radical (unpaired) electrons. The van der Waals surface area contributed by atoms with E-state index in [1.807, 2.05) is 6.07 Å². The highest BCUT2D eigenvalue weighted by Gasteiger charge is 2.26. The number of hydrogen-bond acceptors (Lipinski definition) is 7. The summed E-state index contributed by atoms with van der Waals surface area (Å²) < 4.78 is 30.7. The fraction of sp³-hybridized carbons (Fsp3) is 0.294. The van der Waals surface area contributed by atoms with Crippen LogP contribution in [-0.4, -0.2) is 41.3 Å². The van der Waals surface area contributed by atoms with Gasteiger partial charge in [-0.25, -0.2) is 8.42 Å². The van der Waals surface area contributed by atoms with Gasteiger partial charge in [0, 0.05) is 24.2 Å². The molecule has 0 bridgehead atoms. The number of nitrogens with zero attached hydrogens (tertiary/aromatic N) is 4. The Labute approximate surface area is 161 Å². The van der Waals surface area contributed by atoms with E-state index in [-0.39, 0.29) is 10.5 Å². The third kappa shape index (κ3) is 4.57. The number of carbonyl (C=O) groups excluding carboxylic acids is 1. The SMILES string of the molecule is N#C/C(=C\c1csnn1)C(=O)Nc1cccc(S(=O)(=O)N2CCCCC2)c1. The molecule has 2 aromatic rings. The van der Waals surface area contributed by atoms with Crippen LogP contribution in [0.15, 0.2) is 40.1 Å². The fourth-order valence-corrected chi connectivity index (χ4v) is 4.69. The summed E-state index contributed by atoms with van der Waals surface area (Å²) in [6.07, 6.45) is 4.04. The summed E-state index contributed by atoms with van der Waals surface area (Å²) >= 11 is 1.11. The number of nitriles is 1. The Kier molecular flexibility index (Phi) is 5.95. The number of hydrogen-bond donors (Lipinski definition) is 1. The van der Waals surface area contributed by atoms with E-state index in [9.17, 15) is 18.5 Å². The molecule has 1 aromatic carbocycles. The molecule has 27 heavy (non-hydrogen) atoms. The highest BCUT2D eigenvalue weighted by molar-refractivity contribution is 7.89. The highest BCUT2D eigenvalue weighted by atomic mass is 32.2. The minimum atomic E-state index is -3.60. The summed E-state index contributed by atoms with van der Waals surface area (Å²) in [5.74, 6) is -0.641. The molecular formula is C17H17N5O3S2. The highest BCUT2D eigenvalue weighted by Crippen LogP contribution is 2.23. The van der Waals surface area contributed by atoms with Gasteiger partial charge in [-0.2, -0.15) is 9.57 Å². The Morgan fingerprint density at radius 2 is 2.07 bits per heavy atom. The smallest absolute Gasteiger partial charge is 0.266 e. The molecule has 0 atom stereocenters. The molecule has 0 aliphatic carbocycles. The number of amides is 1. The van der Waals surface area contributed by atoms with Crippen LogP contribution in [0, 0.1) is 11.3 Å². The molecule has 1 N–H and O–H groups in total. The molecule has 3 rings (SSSR count). The summed E-state index contributed by atoms with van der Waals surface area (Å²) in [5, 5.41) is 17.1. The van der Waals surface area contributed by atoms with Crippen molar-refractivity contribution in [2.75, 3.05) is 18.4 Å². The zero-order chi connectivity index (χ0) is 19.3. The fourth-order valence-electron chi connectivity index (χ4n) is 2.72. The number of piperidine rings is 1. The van der Waals surface area contributed by atoms with Crippen LogP contribution < -0.4 is 5.32 Å². The lowest BCUT2D eigenvalue weighted by molar-refractivity contribution is -0.112. The van der Waals surface area contributed by atoms with Gasteiger partial charge in [-0.1, -0.05) is 17.0 Å². The van der Waals surface area contributed by atoms with Crippen molar-refractivity contribution < 1.29 is 13.2 Å². The third-order valence-electron chi connectivity index (χ3n) is 4.08. The van der Waals surface area contributed by atoms with Crippen molar-refractivity contribution in [3.63, 3.8) is 0 Å². The van der Waals surface area contributed by atoms with Gasteiger partial charge in [-0.05, 0) is 48.6 Å². The Morgan fingerprint density at radius 3 is 2.74 bits per heavy atom. The van der Waals surface area contributed by atoms with Crippen molar-refractivity contribution >= 4 is 39.2 Å². The van der Waals surface area contributed by atoms with Gasteiger partial charge in [0.05, 0.1) is 10.6 Å². The third-order valence-corrected chi connectivity index (χ3v) is 6.50. The maximum atomic E-state index is 12.8. The first-order valence-electron chi connectivity index (χ1n) is 8.31. The van der Waals surface area contributed by atoms with Gasteiger partial charge in [0.15, 0.2) is 0 Å². The summed E-state index contributed by atoms with van der Waals surface area (Å²) in [6.45, 7) is 1.00. The van der Waals surface area contributed by atoms with Gasteiger partial charge in [0.1, 0.15) is 11.6 Å². The molecule has 0 spiro atoms. The van der Waals surface area contributed by atoms with E-state index in [0.29, 0.717) is 24.5 Å². The Balaban J connectivity index is 1.79. The number of rotatable bonds is 5. The Hall–Kier alpha value is -2.61. The van der Waals surface area contributed by atoms with Crippen LogP contribution in [0.1, 0.15) is 25.0 Å². The number of nitrogens with one attached hydrogen (secondary N) is 1. The van der Waals surface area contributed by atoms with Crippen molar-refractivity contribution in [2.45, 2.75) is 24.2 Å². The average Bonchev–Trinajstić information content (AvgIpc) is 3.20. The number of sulfonamides is 1. The van der Waals surface area contributed by atoms with E-state index < -0.39 is 15.9 Å². The zero-order valence-corrected chi connectivity index (χ0v) is 16.0. The van der Waals surface area contributed by atoms with E-state index in [1.165, 1.54) is 22.5 Å². The van der Waals surface area contributed by atoms with Gasteiger partial charge >= 0.3 is 0 Å². The molecule has 0 saturated carbocycles. The second-order valence-electron chi connectivity index (χ2n) is 5.95. The van der Waals surface area contributed by atoms with Gasteiger partial charge in [-0.15, -0.1) is 5.10 Å². The van der Waals surface area contributed by atoms with E-state index in [1.54, 1.807) is 17.5 Å². The Morgan fingerprint density at radius 1 is 1.30 bits per heavy atom. The number of benzene rings is 1. The zero-order valence-electron chi connectivity index (χ0n) is 14.3. The van der Waals surface area contributed by atoms with Crippen LogP contribution in [0.25, 0.3) is 6.08 Å². The Bertz CT molecular complexity index is 988. The first kappa shape index (κ1) is 19.2.